The van der Waals surface area contributed by atoms with Gasteiger partial charge in [0, 0.05) is 24.0 Å². The highest BCUT2D eigenvalue weighted by Crippen LogP contribution is 2.05. The van der Waals surface area contributed by atoms with E-state index in [0.717, 1.165) is 38.0 Å². The van der Waals surface area contributed by atoms with Gasteiger partial charge in [0.1, 0.15) is 5.56 Å². The number of pyridine rings is 1. The van der Waals surface area contributed by atoms with Gasteiger partial charge in [-0.2, -0.15) is 0 Å². The molecular formula is C13H19N3O2. The van der Waals surface area contributed by atoms with Gasteiger partial charge in [0.2, 0.25) is 0 Å². The summed E-state index contributed by atoms with van der Waals surface area (Å²) in [4.78, 5) is 26.6. The number of hydrogen-bond donors (Lipinski definition) is 3. The number of carbonyl (C=O) groups excluding carboxylic acids is 1. The molecule has 0 spiro atoms. The second kappa shape index (κ2) is 5.82. The maximum Gasteiger partial charge on any atom is 0.256 e. The van der Waals surface area contributed by atoms with Crippen LogP contribution in [-0.2, 0) is 0 Å². The number of rotatable bonds is 2. The number of aromatic nitrogens is 1. The van der Waals surface area contributed by atoms with Gasteiger partial charge in [-0.1, -0.05) is 0 Å². The minimum absolute atomic E-state index is 0.160. The minimum atomic E-state index is -0.275. The molecule has 1 aliphatic rings. The molecule has 98 valence electrons. The quantitative estimate of drug-likeness (QED) is 0.717. The van der Waals surface area contributed by atoms with E-state index in [-0.39, 0.29) is 22.9 Å². The summed E-state index contributed by atoms with van der Waals surface area (Å²) in [5.41, 5.74) is 0.725. The highest BCUT2D eigenvalue weighted by atomic mass is 16.2. The molecule has 2 heterocycles. The van der Waals surface area contributed by atoms with Crippen molar-refractivity contribution in [1.29, 1.82) is 0 Å². The van der Waals surface area contributed by atoms with Crippen LogP contribution in [0.15, 0.2) is 17.1 Å². The van der Waals surface area contributed by atoms with Crippen LogP contribution in [0.5, 0.6) is 0 Å². The molecule has 0 bridgehead atoms. The Kier molecular flexibility index (Phi) is 4.15. The van der Waals surface area contributed by atoms with Gasteiger partial charge >= 0.3 is 0 Å². The zero-order valence-electron chi connectivity index (χ0n) is 10.6. The Balaban J connectivity index is 2.04. The average molecular weight is 249 g/mol. The summed E-state index contributed by atoms with van der Waals surface area (Å²) in [6, 6.07) is 1.61. The summed E-state index contributed by atoms with van der Waals surface area (Å²) in [5, 5.41) is 6.23. The van der Waals surface area contributed by atoms with Crippen LogP contribution in [0.4, 0.5) is 0 Å². The maximum atomic E-state index is 12.0. The van der Waals surface area contributed by atoms with E-state index in [4.69, 9.17) is 0 Å². The first-order valence-corrected chi connectivity index (χ1v) is 6.38. The van der Waals surface area contributed by atoms with E-state index < -0.39 is 0 Å². The number of carbonyl (C=O) groups is 1. The predicted octanol–water partition coefficient (Wildman–Crippen LogP) is 0.555. The number of H-pyrrole nitrogens is 1. The largest absolute Gasteiger partial charge is 0.364 e. The van der Waals surface area contributed by atoms with Crippen molar-refractivity contribution in [2.24, 2.45) is 0 Å². The average Bonchev–Trinajstić information content (AvgIpc) is 2.57. The van der Waals surface area contributed by atoms with Crippen LogP contribution >= 0.6 is 0 Å². The van der Waals surface area contributed by atoms with E-state index in [2.05, 4.69) is 15.6 Å². The molecule has 5 heteroatoms. The molecular weight excluding hydrogens is 230 g/mol. The van der Waals surface area contributed by atoms with Crippen molar-refractivity contribution in [3.05, 3.63) is 33.7 Å². The van der Waals surface area contributed by atoms with Crippen LogP contribution in [0.25, 0.3) is 0 Å². The van der Waals surface area contributed by atoms with E-state index in [1.54, 1.807) is 6.92 Å². The SMILES string of the molecule is Cc1cc(=O)c(C(=O)NC2CCCNCC2)c[nH]1. The van der Waals surface area contributed by atoms with Crippen molar-refractivity contribution < 1.29 is 4.79 Å². The van der Waals surface area contributed by atoms with Crippen molar-refractivity contribution in [2.75, 3.05) is 13.1 Å². The highest BCUT2D eigenvalue weighted by Gasteiger charge is 2.17. The molecule has 1 amide bonds. The third-order valence-electron chi connectivity index (χ3n) is 3.21. The van der Waals surface area contributed by atoms with Crippen molar-refractivity contribution in [2.45, 2.75) is 32.2 Å². The first-order chi connectivity index (χ1) is 8.66. The Labute approximate surface area is 106 Å². The molecule has 1 aliphatic heterocycles. The molecule has 1 aromatic rings. The molecule has 0 aliphatic carbocycles. The highest BCUT2D eigenvalue weighted by molar-refractivity contribution is 5.93. The lowest BCUT2D eigenvalue weighted by molar-refractivity contribution is 0.0932. The van der Waals surface area contributed by atoms with Crippen LogP contribution in [0.2, 0.25) is 0 Å². The zero-order chi connectivity index (χ0) is 13.0. The molecule has 1 unspecified atom stereocenters. The van der Waals surface area contributed by atoms with Crippen LogP contribution in [0, 0.1) is 6.92 Å². The number of hydrogen-bond acceptors (Lipinski definition) is 3. The Morgan fingerprint density at radius 3 is 3.00 bits per heavy atom. The smallest absolute Gasteiger partial charge is 0.256 e. The van der Waals surface area contributed by atoms with Gasteiger partial charge in [0.15, 0.2) is 5.43 Å². The molecule has 1 aromatic heterocycles. The van der Waals surface area contributed by atoms with E-state index in [1.807, 2.05) is 0 Å². The molecule has 0 saturated carbocycles. The van der Waals surface area contributed by atoms with E-state index in [1.165, 1.54) is 12.3 Å². The van der Waals surface area contributed by atoms with Gasteiger partial charge in [0.05, 0.1) is 0 Å². The Morgan fingerprint density at radius 1 is 1.39 bits per heavy atom. The summed E-state index contributed by atoms with van der Waals surface area (Å²) >= 11 is 0. The van der Waals surface area contributed by atoms with Gasteiger partial charge in [-0.25, -0.2) is 0 Å². The first-order valence-electron chi connectivity index (χ1n) is 6.38. The van der Waals surface area contributed by atoms with Crippen LogP contribution < -0.4 is 16.1 Å². The summed E-state index contributed by atoms with van der Waals surface area (Å²) in [6.07, 6.45) is 4.41. The molecule has 3 N–H and O–H groups in total. The molecule has 1 saturated heterocycles. The van der Waals surface area contributed by atoms with Crippen molar-refractivity contribution in [3.8, 4) is 0 Å². The van der Waals surface area contributed by atoms with Crippen molar-refractivity contribution >= 4 is 5.91 Å². The fourth-order valence-electron chi connectivity index (χ4n) is 2.18. The lowest BCUT2D eigenvalue weighted by Crippen LogP contribution is -2.37. The molecule has 5 nitrogen and oxygen atoms in total. The second-order valence-electron chi connectivity index (χ2n) is 4.75. The van der Waals surface area contributed by atoms with E-state index in [0.29, 0.717) is 0 Å². The zero-order valence-corrected chi connectivity index (χ0v) is 10.6. The third-order valence-corrected chi connectivity index (χ3v) is 3.21. The van der Waals surface area contributed by atoms with Crippen molar-refractivity contribution in [1.82, 2.24) is 15.6 Å². The van der Waals surface area contributed by atoms with Crippen molar-refractivity contribution in [3.63, 3.8) is 0 Å². The molecule has 0 aromatic carbocycles. The molecule has 18 heavy (non-hydrogen) atoms. The number of nitrogens with one attached hydrogen (secondary N) is 3. The number of aryl methyl sites for hydroxylation is 1. The van der Waals surface area contributed by atoms with Crippen LogP contribution in [-0.4, -0.2) is 30.0 Å². The summed E-state index contributed by atoms with van der Waals surface area (Å²) in [6.45, 7) is 3.70. The summed E-state index contributed by atoms with van der Waals surface area (Å²) in [5.74, 6) is -0.275. The van der Waals surface area contributed by atoms with Gasteiger partial charge in [0.25, 0.3) is 5.91 Å². The first kappa shape index (κ1) is 12.8. The van der Waals surface area contributed by atoms with Crippen LogP contribution in [0.1, 0.15) is 35.3 Å². The Morgan fingerprint density at radius 2 is 2.22 bits per heavy atom. The lowest BCUT2D eigenvalue weighted by atomic mass is 10.1. The predicted molar refractivity (Wildman–Crippen MR) is 69.8 cm³/mol. The van der Waals surface area contributed by atoms with Gasteiger partial charge in [-0.15, -0.1) is 0 Å². The van der Waals surface area contributed by atoms with Gasteiger partial charge in [-0.3, -0.25) is 9.59 Å². The fraction of sp³-hybridized carbons (Fsp3) is 0.538. The lowest BCUT2D eigenvalue weighted by Gasteiger charge is -2.15. The Hall–Kier alpha value is -1.62. The monoisotopic (exact) mass is 249 g/mol. The maximum absolute atomic E-state index is 12.0. The fourth-order valence-corrected chi connectivity index (χ4v) is 2.18. The normalized spacial score (nSPS) is 20.2. The molecule has 1 fully saturated rings. The second-order valence-corrected chi connectivity index (χ2v) is 4.75. The van der Waals surface area contributed by atoms with Crippen LogP contribution in [0.3, 0.4) is 0 Å². The van der Waals surface area contributed by atoms with Gasteiger partial charge < -0.3 is 15.6 Å². The van der Waals surface area contributed by atoms with E-state index >= 15 is 0 Å². The topological polar surface area (TPSA) is 74.0 Å². The molecule has 2 rings (SSSR count). The standard InChI is InChI=1S/C13H19N3O2/c1-9-7-12(17)11(8-15-9)13(18)16-10-3-2-5-14-6-4-10/h7-8,10,14H,2-6H2,1H3,(H,15,17)(H,16,18). The van der Waals surface area contributed by atoms with E-state index in [9.17, 15) is 9.59 Å². The number of aromatic amines is 1. The summed E-state index contributed by atoms with van der Waals surface area (Å²) < 4.78 is 0. The molecule has 1 atom stereocenters. The van der Waals surface area contributed by atoms with Gasteiger partial charge in [-0.05, 0) is 39.3 Å². The number of amides is 1. The summed E-state index contributed by atoms with van der Waals surface area (Å²) in [7, 11) is 0. The third kappa shape index (κ3) is 3.20. The molecule has 0 radical (unpaired) electrons. The minimum Gasteiger partial charge on any atom is -0.364 e. The Bertz CT molecular complexity index is 473.